The number of carbonyl (C=O) groups excluding carboxylic acids is 2. The fraction of sp³-hybridized carbons (Fsp3) is 0.294. The van der Waals surface area contributed by atoms with Crippen LogP contribution < -0.4 is 0 Å². The van der Waals surface area contributed by atoms with E-state index >= 15 is 0 Å². The molecule has 0 bridgehead atoms. The fourth-order valence-corrected chi connectivity index (χ4v) is 2.33. The van der Waals surface area contributed by atoms with E-state index in [-0.39, 0.29) is 11.7 Å². The standard InChI is InChI=1S/C17H18O3/c1-11(2)15(17(19)20-3)16(18)14-9-8-12-6-4-5-7-13(12)10-14/h4-11,15H,1-3H3. The number of rotatable bonds is 4. The van der Waals surface area contributed by atoms with Crippen LogP contribution in [0.25, 0.3) is 10.8 Å². The molecule has 0 heterocycles. The van der Waals surface area contributed by atoms with Crippen molar-refractivity contribution >= 4 is 22.5 Å². The van der Waals surface area contributed by atoms with Gasteiger partial charge in [0, 0.05) is 5.56 Å². The predicted octanol–water partition coefficient (Wildman–Crippen LogP) is 3.47. The van der Waals surface area contributed by atoms with Gasteiger partial charge in [0.25, 0.3) is 0 Å². The number of hydrogen-bond acceptors (Lipinski definition) is 3. The number of Topliss-reactive ketones (excluding diaryl/α,β-unsaturated/α-hetero) is 1. The van der Waals surface area contributed by atoms with Gasteiger partial charge in [-0.15, -0.1) is 0 Å². The van der Waals surface area contributed by atoms with Gasteiger partial charge in [-0.1, -0.05) is 50.2 Å². The van der Waals surface area contributed by atoms with E-state index in [0.717, 1.165) is 10.8 Å². The number of fused-ring (bicyclic) bond motifs is 1. The molecule has 1 unspecified atom stereocenters. The number of methoxy groups -OCH3 is 1. The molecule has 0 fully saturated rings. The second kappa shape index (κ2) is 5.87. The number of carbonyl (C=O) groups is 2. The molecule has 1 atom stereocenters. The lowest BCUT2D eigenvalue weighted by Gasteiger charge is -2.17. The Morgan fingerprint density at radius 1 is 1.00 bits per heavy atom. The first-order valence-corrected chi connectivity index (χ1v) is 6.65. The van der Waals surface area contributed by atoms with Crippen molar-refractivity contribution in [1.82, 2.24) is 0 Å². The van der Waals surface area contributed by atoms with Crippen LogP contribution in [0.15, 0.2) is 42.5 Å². The molecule has 0 aliphatic heterocycles. The molecular weight excluding hydrogens is 252 g/mol. The Morgan fingerprint density at radius 2 is 1.65 bits per heavy atom. The largest absolute Gasteiger partial charge is 0.468 e. The molecule has 3 heteroatoms. The molecule has 0 aromatic heterocycles. The van der Waals surface area contributed by atoms with Crippen molar-refractivity contribution < 1.29 is 14.3 Å². The topological polar surface area (TPSA) is 43.4 Å². The first-order valence-electron chi connectivity index (χ1n) is 6.65. The quantitative estimate of drug-likeness (QED) is 0.485. The Balaban J connectivity index is 2.41. The SMILES string of the molecule is COC(=O)C(C(=O)c1ccc2ccccc2c1)C(C)C. The fourth-order valence-electron chi connectivity index (χ4n) is 2.33. The van der Waals surface area contributed by atoms with E-state index < -0.39 is 11.9 Å². The number of hydrogen-bond donors (Lipinski definition) is 0. The molecule has 0 radical (unpaired) electrons. The third-order valence-electron chi connectivity index (χ3n) is 3.44. The lowest BCUT2D eigenvalue weighted by molar-refractivity contribution is -0.144. The van der Waals surface area contributed by atoms with E-state index in [1.165, 1.54) is 7.11 Å². The highest BCUT2D eigenvalue weighted by atomic mass is 16.5. The van der Waals surface area contributed by atoms with Crippen LogP contribution in [0.5, 0.6) is 0 Å². The zero-order valence-electron chi connectivity index (χ0n) is 11.9. The van der Waals surface area contributed by atoms with Gasteiger partial charge in [0.1, 0.15) is 5.92 Å². The van der Waals surface area contributed by atoms with Crippen LogP contribution >= 0.6 is 0 Å². The first-order chi connectivity index (χ1) is 9.54. The van der Waals surface area contributed by atoms with Crippen LogP contribution in [0.3, 0.4) is 0 Å². The molecule has 0 aliphatic rings. The van der Waals surface area contributed by atoms with Gasteiger partial charge < -0.3 is 4.74 Å². The third-order valence-corrected chi connectivity index (χ3v) is 3.44. The van der Waals surface area contributed by atoms with Crippen LogP contribution in [-0.4, -0.2) is 18.9 Å². The van der Waals surface area contributed by atoms with E-state index in [0.29, 0.717) is 5.56 Å². The number of esters is 1. The van der Waals surface area contributed by atoms with Gasteiger partial charge in [-0.25, -0.2) is 0 Å². The van der Waals surface area contributed by atoms with Crippen molar-refractivity contribution in [3.05, 3.63) is 48.0 Å². The van der Waals surface area contributed by atoms with Gasteiger partial charge in [-0.3, -0.25) is 9.59 Å². The Hall–Kier alpha value is -2.16. The average Bonchev–Trinajstić information content (AvgIpc) is 2.46. The van der Waals surface area contributed by atoms with E-state index in [4.69, 9.17) is 4.74 Å². The third kappa shape index (κ3) is 2.72. The molecule has 0 N–H and O–H groups in total. The van der Waals surface area contributed by atoms with Gasteiger partial charge in [0.15, 0.2) is 5.78 Å². The van der Waals surface area contributed by atoms with Crippen LogP contribution in [0.1, 0.15) is 24.2 Å². The number of benzene rings is 2. The Morgan fingerprint density at radius 3 is 2.25 bits per heavy atom. The summed E-state index contributed by atoms with van der Waals surface area (Å²) in [6.07, 6.45) is 0. The van der Waals surface area contributed by atoms with Crippen molar-refractivity contribution in [2.45, 2.75) is 13.8 Å². The molecule has 20 heavy (non-hydrogen) atoms. The van der Waals surface area contributed by atoms with Gasteiger partial charge in [0.05, 0.1) is 7.11 Å². The summed E-state index contributed by atoms with van der Waals surface area (Å²) in [5, 5.41) is 2.06. The molecule has 0 saturated carbocycles. The maximum Gasteiger partial charge on any atom is 0.316 e. The van der Waals surface area contributed by atoms with Gasteiger partial charge in [-0.2, -0.15) is 0 Å². The number of ketones is 1. The summed E-state index contributed by atoms with van der Waals surface area (Å²) in [6.45, 7) is 3.70. The zero-order chi connectivity index (χ0) is 14.7. The average molecular weight is 270 g/mol. The van der Waals surface area contributed by atoms with Gasteiger partial charge in [-0.05, 0) is 22.8 Å². The molecule has 0 amide bonds. The summed E-state index contributed by atoms with van der Waals surface area (Å²) in [5.74, 6) is -1.50. The molecular formula is C17H18O3. The van der Waals surface area contributed by atoms with E-state index in [2.05, 4.69) is 0 Å². The van der Waals surface area contributed by atoms with E-state index in [1.54, 1.807) is 6.07 Å². The second-order valence-electron chi connectivity index (χ2n) is 5.17. The summed E-state index contributed by atoms with van der Waals surface area (Å²) in [5.41, 5.74) is 0.549. The Bertz CT molecular complexity index is 643. The molecule has 104 valence electrons. The Kier molecular flexibility index (Phi) is 4.18. The van der Waals surface area contributed by atoms with Crippen LogP contribution in [0.2, 0.25) is 0 Å². The van der Waals surface area contributed by atoms with Crippen molar-refractivity contribution in [3.8, 4) is 0 Å². The van der Waals surface area contributed by atoms with Crippen LogP contribution in [-0.2, 0) is 9.53 Å². The summed E-state index contributed by atoms with van der Waals surface area (Å²) in [7, 11) is 1.31. The lowest BCUT2D eigenvalue weighted by atomic mass is 9.87. The van der Waals surface area contributed by atoms with Crippen molar-refractivity contribution in [2.24, 2.45) is 11.8 Å². The highest BCUT2D eigenvalue weighted by molar-refractivity contribution is 6.10. The van der Waals surface area contributed by atoms with Crippen LogP contribution in [0.4, 0.5) is 0 Å². The highest BCUT2D eigenvalue weighted by Crippen LogP contribution is 2.22. The minimum Gasteiger partial charge on any atom is -0.468 e. The Labute approximate surface area is 118 Å². The minimum absolute atomic E-state index is 0.0959. The van der Waals surface area contributed by atoms with Crippen LogP contribution in [0, 0.1) is 11.8 Å². The smallest absolute Gasteiger partial charge is 0.316 e. The number of ether oxygens (including phenoxy) is 1. The second-order valence-corrected chi connectivity index (χ2v) is 5.17. The molecule has 0 saturated heterocycles. The molecule has 2 aromatic rings. The highest BCUT2D eigenvalue weighted by Gasteiger charge is 2.31. The summed E-state index contributed by atoms with van der Waals surface area (Å²) >= 11 is 0. The molecule has 0 spiro atoms. The van der Waals surface area contributed by atoms with Crippen molar-refractivity contribution in [1.29, 1.82) is 0 Å². The van der Waals surface area contributed by atoms with E-state index in [9.17, 15) is 9.59 Å². The normalized spacial score (nSPS) is 12.4. The maximum atomic E-state index is 12.5. The summed E-state index contributed by atoms with van der Waals surface area (Å²) in [6, 6.07) is 13.3. The van der Waals surface area contributed by atoms with Crippen molar-refractivity contribution in [3.63, 3.8) is 0 Å². The van der Waals surface area contributed by atoms with Crippen molar-refractivity contribution in [2.75, 3.05) is 7.11 Å². The summed E-state index contributed by atoms with van der Waals surface area (Å²) < 4.78 is 4.74. The maximum absolute atomic E-state index is 12.5. The first kappa shape index (κ1) is 14.3. The monoisotopic (exact) mass is 270 g/mol. The lowest BCUT2D eigenvalue weighted by Crippen LogP contribution is -2.30. The molecule has 2 rings (SSSR count). The molecule has 2 aromatic carbocycles. The molecule has 3 nitrogen and oxygen atoms in total. The zero-order valence-corrected chi connectivity index (χ0v) is 11.9. The minimum atomic E-state index is -0.749. The predicted molar refractivity (Wildman–Crippen MR) is 78.6 cm³/mol. The summed E-state index contributed by atoms with van der Waals surface area (Å²) in [4.78, 5) is 24.3. The van der Waals surface area contributed by atoms with Gasteiger partial charge >= 0.3 is 5.97 Å². The van der Waals surface area contributed by atoms with Gasteiger partial charge in [0.2, 0.25) is 0 Å². The molecule has 0 aliphatic carbocycles. The van der Waals surface area contributed by atoms with E-state index in [1.807, 2.05) is 50.2 Å².